The van der Waals surface area contributed by atoms with E-state index in [1.807, 2.05) is 12.1 Å². The number of rotatable bonds is 3. The number of benzene rings is 2. The van der Waals surface area contributed by atoms with E-state index in [0.717, 1.165) is 24.9 Å². The molecule has 5 nitrogen and oxygen atoms in total. The molecule has 1 aliphatic carbocycles. The van der Waals surface area contributed by atoms with Crippen LogP contribution in [0.3, 0.4) is 0 Å². The van der Waals surface area contributed by atoms with Gasteiger partial charge in [-0.3, -0.25) is 19.3 Å². The van der Waals surface area contributed by atoms with E-state index < -0.39 is 0 Å². The third-order valence-corrected chi connectivity index (χ3v) is 5.06. The van der Waals surface area contributed by atoms with Crippen molar-refractivity contribution in [3.63, 3.8) is 0 Å². The SMILES string of the molecule is O=C(Nc1cccc2c1CCCC2)c1cccc(N2C(=O)CCC2=O)c1. The molecule has 0 saturated carbocycles. The van der Waals surface area contributed by atoms with E-state index in [1.165, 1.54) is 22.4 Å². The molecule has 1 aliphatic heterocycles. The zero-order valence-corrected chi connectivity index (χ0v) is 14.5. The van der Waals surface area contributed by atoms with E-state index in [4.69, 9.17) is 0 Å². The number of nitrogens with zero attached hydrogens (tertiary/aromatic N) is 1. The first-order chi connectivity index (χ1) is 12.6. The molecule has 0 radical (unpaired) electrons. The normalized spacial score (nSPS) is 16.5. The fourth-order valence-corrected chi connectivity index (χ4v) is 3.74. The molecule has 0 bridgehead atoms. The standard InChI is InChI=1S/C21H20N2O3/c24-19-11-12-20(25)23(19)16-8-3-7-15(13-16)21(26)22-18-10-4-6-14-5-1-2-9-17(14)18/h3-4,6-8,10,13H,1-2,5,9,11-12H2,(H,22,26). The summed E-state index contributed by atoms with van der Waals surface area (Å²) in [5.41, 5.74) is 4.26. The van der Waals surface area contributed by atoms with Crippen LogP contribution in [0.1, 0.15) is 47.2 Å². The molecule has 1 saturated heterocycles. The molecule has 5 heteroatoms. The van der Waals surface area contributed by atoms with Crippen LogP contribution in [-0.4, -0.2) is 17.7 Å². The maximum absolute atomic E-state index is 12.7. The molecule has 3 amide bonds. The Kier molecular flexibility index (Phi) is 4.29. The summed E-state index contributed by atoms with van der Waals surface area (Å²) in [6.07, 6.45) is 4.80. The maximum Gasteiger partial charge on any atom is 0.255 e. The summed E-state index contributed by atoms with van der Waals surface area (Å²) in [6.45, 7) is 0. The monoisotopic (exact) mass is 348 g/mol. The molecule has 2 aromatic carbocycles. The molecule has 1 fully saturated rings. The molecule has 1 N–H and O–H groups in total. The van der Waals surface area contributed by atoms with Gasteiger partial charge in [0.1, 0.15) is 0 Å². The molecule has 2 aliphatic rings. The van der Waals surface area contributed by atoms with Gasteiger partial charge in [-0.2, -0.15) is 0 Å². The Labute approximate surface area is 152 Å². The summed E-state index contributed by atoms with van der Waals surface area (Å²) in [5.74, 6) is -0.667. The van der Waals surface area contributed by atoms with Crippen molar-refractivity contribution in [3.05, 3.63) is 59.2 Å². The third kappa shape index (κ3) is 3.01. The van der Waals surface area contributed by atoms with Gasteiger partial charge in [0.05, 0.1) is 5.69 Å². The second-order valence-corrected chi connectivity index (χ2v) is 6.78. The van der Waals surface area contributed by atoms with Gasteiger partial charge in [0.2, 0.25) is 11.8 Å². The second kappa shape index (κ2) is 6.75. The number of amides is 3. The summed E-state index contributed by atoms with van der Waals surface area (Å²) >= 11 is 0. The quantitative estimate of drug-likeness (QED) is 0.864. The highest BCUT2D eigenvalue weighted by Crippen LogP contribution is 2.29. The molecule has 0 atom stereocenters. The van der Waals surface area contributed by atoms with Gasteiger partial charge in [0.25, 0.3) is 5.91 Å². The Bertz CT molecular complexity index is 888. The molecular weight excluding hydrogens is 328 g/mol. The predicted molar refractivity (Wildman–Crippen MR) is 99.2 cm³/mol. The molecule has 2 aromatic rings. The van der Waals surface area contributed by atoms with Crippen LogP contribution in [-0.2, 0) is 22.4 Å². The van der Waals surface area contributed by atoms with Gasteiger partial charge in [-0.05, 0) is 61.1 Å². The summed E-state index contributed by atoms with van der Waals surface area (Å²) in [5, 5.41) is 3.00. The first-order valence-electron chi connectivity index (χ1n) is 9.01. The first kappa shape index (κ1) is 16.5. The van der Waals surface area contributed by atoms with Crippen LogP contribution in [0, 0.1) is 0 Å². The van der Waals surface area contributed by atoms with Crippen LogP contribution in [0.2, 0.25) is 0 Å². The summed E-state index contributed by atoms with van der Waals surface area (Å²) in [4.78, 5) is 37.7. The van der Waals surface area contributed by atoms with Gasteiger partial charge >= 0.3 is 0 Å². The number of imide groups is 1. The Morgan fingerprint density at radius 1 is 0.885 bits per heavy atom. The Morgan fingerprint density at radius 3 is 2.42 bits per heavy atom. The Hall–Kier alpha value is -2.95. The number of carbonyl (C=O) groups excluding carboxylic acids is 3. The van der Waals surface area contributed by atoms with Crippen molar-refractivity contribution in [1.82, 2.24) is 0 Å². The highest BCUT2D eigenvalue weighted by atomic mass is 16.2. The van der Waals surface area contributed by atoms with E-state index >= 15 is 0 Å². The fraction of sp³-hybridized carbons (Fsp3) is 0.286. The van der Waals surface area contributed by atoms with E-state index in [1.54, 1.807) is 24.3 Å². The van der Waals surface area contributed by atoms with Crippen LogP contribution >= 0.6 is 0 Å². The lowest BCUT2D eigenvalue weighted by molar-refractivity contribution is -0.121. The van der Waals surface area contributed by atoms with Crippen molar-refractivity contribution in [2.45, 2.75) is 38.5 Å². The van der Waals surface area contributed by atoms with E-state index in [2.05, 4.69) is 11.4 Å². The van der Waals surface area contributed by atoms with Crippen LogP contribution < -0.4 is 10.2 Å². The van der Waals surface area contributed by atoms with E-state index in [0.29, 0.717) is 11.3 Å². The smallest absolute Gasteiger partial charge is 0.255 e. The predicted octanol–water partition coefficient (Wildman–Crippen LogP) is 3.47. The second-order valence-electron chi connectivity index (χ2n) is 6.78. The average Bonchev–Trinajstić information content (AvgIpc) is 3.00. The largest absolute Gasteiger partial charge is 0.322 e. The lowest BCUT2D eigenvalue weighted by atomic mass is 9.90. The number of aryl methyl sites for hydroxylation is 1. The fourth-order valence-electron chi connectivity index (χ4n) is 3.74. The van der Waals surface area contributed by atoms with Crippen LogP contribution in [0.5, 0.6) is 0 Å². The van der Waals surface area contributed by atoms with Crippen molar-refractivity contribution < 1.29 is 14.4 Å². The zero-order chi connectivity index (χ0) is 18.1. The number of anilines is 2. The number of carbonyl (C=O) groups is 3. The number of fused-ring (bicyclic) bond motifs is 1. The van der Waals surface area contributed by atoms with Crippen molar-refractivity contribution in [1.29, 1.82) is 0 Å². The molecule has 1 heterocycles. The topological polar surface area (TPSA) is 66.5 Å². The van der Waals surface area contributed by atoms with Crippen LogP contribution in [0.15, 0.2) is 42.5 Å². The molecule has 132 valence electrons. The van der Waals surface area contributed by atoms with E-state index in [9.17, 15) is 14.4 Å². The van der Waals surface area contributed by atoms with Crippen LogP contribution in [0.25, 0.3) is 0 Å². The first-order valence-corrected chi connectivity index (χ1v) is 9.01. The molecule has 0 spiro atoms. The van der Waals surface area contributed by atoms with Crippen LogP contribution in [0.4, 0.5) is 11.4 Å². The van der Waals surface area contributed by atoms with Crippen molar-refractivity contribution in [2.75, 3.05) is 10.2 Å². The number of hydrogen-bond donors (Lipinski definition) is 1. The maximum atomic E-state index is 12.7. The number of hydrogen-bond acceptors (Lipinski definition) is 3. The minimum atomic E-state index is -0.232. The molecular formula is C21H20N2O3. The van der Waals surface area contributed by atoms with Gasteiger partial charge in [-0.15, -0.1) is 0 Å². The van der Waals surface area contributed by atoms with Gasteiger partial charge in [0.15, 0.2) is 0 Å². The third-order valence-electron chi connectivity index (χ3n) is 5.06. The lowest BCUT2D eigenvalue weighted by Crippen LogP contribution is -2.28. The molecule has 0 unspecified atom stereocenters. The minimum Gasteiger partial charge on any atom is -0.322 e. The highest BCUT2D eigenvalue weighted by Gasteiger charge is 2.30. The summed E-state index contributed by atoms with van der Waals surface area (Å²) < 4.78 is 0. The van der Waals surface area contributed by atoms with Gasteiger partial charge in [-0.25, -0.2) is 0 Å². The number of nitrogens with one attached hydrogen (secondary N) is 1. The van der Waals surface area contributed by atoms with Crippen molar-refractivity contribution in [2.24, 2.45) is 0 Å². The van der Waals surface area contributed by atoms with E-state index in [-0.39, 0.29) is 30.6 Å². The zero-order valence-electron chi connectivity index (χ0n) is 14.5. The molecule has 0 aromatic heterocycles. The highest BCUT2D eigenvalue weighted by molar-refractivity contribution is 6.20. The Morgan fingerprint density at radius 2 is 1.62 bits per heavy atom. The lowest BCUT2D eigenvalue weighted by Gasteiger charge is -2.20. The van der Waals surface area contributed by atoms with Gasteiger partial charge < -0.3 is 5.32 Å². The van der Waals surface area contributed by atoms with Gasteiger partial charge in [-0.1, -0.05) is 18.2 Å². The minimum absolute atomic E-state index is 0.218. The van der Waals surface area contributed by atoms with Gasteiger partial charge in [0, 0.05) is 24.1 Å². The van der Waals surface area contributed by atoms with Crippen molar-refractivity contribution in [3.8, 4) is 0 Å². The summed E-state index contributed by atoms with van der Waals surface area (Å²) in [6, 6.07) is 12.7. The Balaban J connectivity index is 1.59. The van der Waals surface area contributed by atoms with Crippen molar-refractivity contribution >= 4 is 29.1 Å². The molecule has 26 heavy (non-hydrogen) atoms. The average molecular weight is 348 g/mol. The molecule has 4 rings (SSSR count). The summed E-state index contributed by atoms with van der Waals surface area (Å²) in [7, 11) is 0.